The minimum absolute atomic E-state index is 0.105. The average Bonchev–Trinajstić information content (AvgIpc) is 3.19. The molecule has 1 unspecified atom stereocenters. The first kappa shape index (κ1) is 12.9. The summed E-state index contributed by atoms with van der Waals surface area (Å²) in [6.45, 7) is 0.569. The number of nitro benzene ring substituents is 1. The second-order valence-corrected chi connectivity index (χ2v) is 5.33. The van der Waals surface area contributed by atoms with E-state index < -0.39 is 0 Å². The normalized spacial score (nSPS) is 16.1. The molecule has 5 heteroatoms. The fourth-order valence-corrected chi connectivity index (χ4v) is 2.40. The highest BCUT2D eigenvalue weighted by atomic mass is 16.6. The molecular formula is C15H16N2O3. The van der Waals surface area contributed by atoms with Crippen LogP contribution in [0.5, 0.6) is 0 Å². The second-order valence-electron chi connectivity index (χ2n) is 5.33. The van der Waals surface area contributed by atoms with Gasteiger partial charge in [0.2, 0.25) is 0 Å². The third kappa shape index (κ3) is 2.72. The van der Waals surface area contributed by atoms with Gasteiger partial charge in [0.15, 0.2) is 0 Å². The van der Waals surface area contributed by atoms with Crippen molar-refractivity contribution in [2.45, 2.75) is 25.5 Å². The summed E-state index contributed by atoms with van der Waals surface area (Å²) < 4.78 is 1.94. The molecule has 0 spiro atoms. The Morgan fingerprint density at radius 3 is 2.90 bits per heavy atom. The van der Waals surface area contributed by atoms with E-state index in [0.717, 1.165) is 24.0 Å². The maximum atomic E-state index is 10.7. The van der Waals surface area contributed by atoms with Gasteiger partial charge in [0.25, 0.3) is 5.69 Å². The number of rotatable bonds is 5. The molecule has 1 N–H and O–H groups in total. The van der Waals surface area contributed by atoms with Crippen LogP contribution in [0.4, 0.5) is 5.69 Å². The molecular weight excluding hydrogens is 256 g/mol. The number of hydrogen-bond donors (Lipinski definition) is 1. The van der Waals surface area contributed by atoms with Crippen molar-refractivity contribution in [3.8, 4) is 0 Å². The number of nitro groups is 1. The van der Waals surface area contributed by atoms with Crippen molar-refractivity contribution < 1.29 is 10.0 Å². The van der Waals surface area contributed by atoms with Crippen molar-refractivity contribution in [1.82, 2.24) is 4.57 Å². The van der Waals surface area contributed by atoms with Gasteiger partial charge in [0.1, 0.15) is 0 Å². The average molecular weight is 272 g/mol. The van der Waals surface area contributed by atoms with Crippen molar-refractivity contribution >= 4 is 5.69 Å². The van der Waals surface area contributed by atoms with Gasteiger partial charge in [-0.25, -0.2) is 0 Å². The molecule has 1 saturated carbocycles. The fraction of sp³-hybridized carbons (Fsp3) is 0.333. The van der Waals surface area contributed by atoms with Gasteiger partial charge in [-0.2, -0.15) is 0 Å². The molecule has 0 saturated heterocycles. The maximum absolute atomic E-state index is 10.7. The highest BCUT2D eigenvalue weighted by molar-refractivity contribution is 5.34. The van der Waals surface area contributed by atoms with Crippen LogP contribution in [-0.4, -0.2) is 14.6 Å². The minimum atomic E-state index is -0.387. The zero-order valence-electron chi connectivity index (χ0n) is 11.0. The Kier molecular flexibility index (Phi) is 3.28. The lowest BCUT2D eigenvalue weighted by atomic mass is 10.1. The molecule has 104 valence electrons. The third-order valence-corrected chi connectivity index (χ3v) is 3.67. The largest absolute Gasteiger partial charge is 0.388 e. The molecule has 1 atom stereocenters. The number of nitrogens with zero attached hydrogens (tertiary/aromatic N) is 2. The predicted octanol–water partition coefficient (Wildman–Crippen LogP) is 2.89. The van der Waals surface area contributed by atoms with E-state index in [1.54, 1.807) is 12.1 Å². The van der Waals surface area contributed by atoms with E-state index in [4.69, 9.17) is 0 Å². The smallest absolute Gasteiger partial charge is 0.269 e. The van der Waals surface area contributed by atoms with E-state index in [-0.39, 0.29) is 16.7 Å². The molecule has 20 heavy (non-hydrogen) atoms. The van der Waals surface area contributed by atoms with Crippen LogP contribution in [0, 0.1) is 16.0 Å². The molecule has 0 aliphatic heterocycles. The summed E-state index contributed by atoms with van der Waals surface area (Å²) in [5.74, 6) is 0.406. The van der Waals surface area contributed by atoms with Crippen LogP contribution in [0.3, 0.4) is 0 Å². The zero-order valence-corrected chi connectivity index (χ0v) is 11.0. The quantitative estimate of drug-likeness (QED) is 0.672. The van der Waals surface area contributed by atoms with Crippen LogP contribution in [0.25, 0.3) is 0 Å². The molecule has 1 aliphatic rings. The number of non-ortho nitro benzene ring substituents is 1. The van der Waals surface area contributed by atoms with E-state index in [1.165, 1.54) is 6.07 Å². The monoisotopic (exact) mass is 272 g/mol. The van der Waals surface area contributed by atoms with E-state index >= 15 is 0 Å². The minimum Gasteiger partial charge on any atom is -0.388 e. The van der Waals surface area contributed by atoms with E-state index in [1.807, 2.05) is 29.1 Å². The number of hydrogen-bond acceptors (Lipinski definition) is 3. The second kappa shape index (κ2) is 5.09. The van der Waals surface area contributed by atoms with Gasteiger partial charge < -0.3 is 9.67 Å². The molecule has 1 fully saturated rings. The lowest BCUT2D eigenvalue weighted by Crippen LogP contribution is -2.00. The Bertz CT molecular complexity index is 632. The highest BCUT2D eigenvalue weighted by Gasteiger charge is 2.31. The van der Waals surface area contributed by atoms with Gasteiger partial charge >= 0.3 is 0 Å². The summed E-state index contributed by atoms with van der Waals surface area (Å²) in [4.78, 5) is 10.4. The van der Waals surface area contributed by atoms with Gasteiger partial charge in [-0.3, -0.25) is 10.1 Å². The van der Waals surface area contributed by atoms with Crippen LogP contribution >= 0.6 is 0 Å². The van der Waals surface area contributed by atoms with Crippen LogP contribution in [0.2, 0.25) is 0 Å². The SMILES string of the molecule is O=[N+]([O-])c1cccc(Cn2ccc(C(O)C3CC3)c2)c1. The predicted molar refractivity (Wildman–Crippen MR) is 74.3 cm³/mol. The summed E-state index contributed by atoms with van der Waals surface area (Å²) in [5.41, 5.74) is 1.91. The lowest BCUT2D eigenvalue weighted by Gasteiger charge is -2.06. The summed E-state index contributed by atoms with van der Waals surface area (Å²) in [6, 6.07) is 8.54. The van der Waals surface area contributed by atoms with Gasteiger partial charge in [0.05, 0.1) is 11.0 Å². The molecule has 0 amide bonds. The lowest BCUT2D eigenvalue weighted by molar-refractivity contribution is -0.384. The molecule has 1 aromatic carbocycles. The summed E-state index contributed by atoms with van der Waals surface area (Å²) >= 11 is 0. The number of benzene rings is 1. The summed E-state index contributed by atoms with van der Waals surface area (Å²) in [7, 11) is 0. The maximum Gasteiger partial charge on any atom is 0.269 e. The van der Waals surface area contributed by atoms with Gasteiger partial charge in [-0.1, -0.05) is 12.1 Å². The van der Waals surface area contributed by atoms with Crippen molar-refractivity contribution in [3.63, 3.8) is 0 Å². The Balaban J connectivity index is 1.74. The molecule has 1 aromatic heterocycles. The van der Waals surface area contributed by atoms with E-state index in [9.17, 15) is 15.2 Å². The first-order valence-electron chi connectivity index (χ1n) is 6.70. The first-order valence-corrected chi connectivity index (χ1v) is 6.70. The highest BCUT2D eigenvalue weighted by Crippen LogP contribution is 2.40. The van der Waals surface area contributed by atoms with Gasteiger partial charge in [-0.05, 0) is 36.0 Å². The number of aliphatic hydroxyl groups excluding tert-OH is 1. The molecule has 5 nitrogen and oxygen atoms in total. The Hall–Kier alpha value is -2.14. The molecule has 0 radical (unpaired) electrons. The van der Waals surface area contributed by atoms with E-state index in [0.29, 0.717) is 12.5 Å². The first-order chi connectivity index (χ1) is 9.63. The fourth-order valence-electron chi connectivity index (χ4n) is 2.40. The third-order valence-electron chi connectivity index (χ3n) is 3.67. The summed E-state index contributed by atoms with van der Waals surface area (Å²) in [5, 5.41) is 20.8. The number of aromatic nitrogens is 1. The zero-order chi connectivity index (χ0) is 14.1. The van der Waals surface area contributed by atoms with Crippen molar-refractivity contribution in [2.24, 2.45) is 5.92 Å². The molecule has 0 bridgehead atoms. The van der Waals surface area contributed by atoms with Crippen molar-refractivity contribution in [1.29, 1.82) is 0 Å². The Morgan fingerprint density at radius 1 is 1.40 bits per heavy atom. The van der Waals surface area contributed by atoms with Crippen LogP contribution < -0.4 is 0 Å². The van der Waals surface area contributed by atoms with Gasteiger partial charge in [0, 0.05) is 31.1 Å². The Morgan fingerprint density at radius 2 is 2.20 bits per heavy atom. The van der Waals surface area contributed by atoms with Crippen molar-refractivity contribution in [2.75, 3.05) is 0 Å². The van der Waals surface area contributed by atoms with Crippen LogP contribution in [-0.2, 0) is 6.54 Å². The van der Waals surface area contributed by atoms with Crippen molar-refractivity contribution in [3.05, 3.63) is 64.0 Å². The number of aliphatic hydroxyl groups is 1. The topological polar surface area (TPSA) is 68.3 Å². The van der Waals surface area contributed by atoms with Gasteiger partial charge in [-0.15, -0.1) is 0 Å². The van der Waals surface area contributed by atoms with Crippen LogP contribution in [0.15, 0.2) is 42.7 Å². The molecule has 1 heterocycles. The van der Waals surface area contributed by atoms with E-state index in [2.05, 4.69) is 0 Å². The standard InChI is InChI=1S/C15H16N2O3/c18-15(12-4-5-12)13-6-7-16(10-13)9-11-2-1-3-14(8-11)17(19)20/h1-3,6-8,10,12,15,18H,4-5,9H2. The molecule has 2 aromatic rings. The molecule has 3 rings (SSSR count). The summed E-state index contributed by atoms with van der Waals surface area (Å²) in [6.07, 6.45) is 5.64. The Labute approximate surface area is 116 Å². The van der Waals surface area contributed by atoms with Crippen LogP contribution in [0.1, 0.15) is 30.1 Å². The molecule has 1 aliphatic carbocycles.